The van der Waals surface area contributed by atoms with Crippen molar-refractivity contribution in [3.8, 4) is 16.9 Å². The number of nitrogens with zero attached hydrogens (tertiary/aromatic N) is 2. The molecule has 2 aromatic carbocycles. The summed E-state index contributed by atoms with van der Waals surface area (Å²) < 4.78 is 11.1. The normalized spacial score (nSPS) is 10.8. The van der Waals surface area contributed by atoms with Crippen molar-refractivity contribution in [3.05, 3.63) is 63.0 Å². The van der Waals surface area contributed by atoms with Crippen molar-refractivity contribution < 1.29 is 14.1 Å². The number of fused-ring (bicyclic) bond motifs is 1. The second-order valence-corrected chi connectivity index (χ2v) is 5.96. The molecule has 1 heterocycles. The maximum absolute atomic E-state index is 12.6. The average Bonchev–Trinajstić information content (AvgIpc) is 2.68. The van der Waals surface area contributed by atoms with E-state index in [1.165, 1.54) is 24.3 Å². The third kappa shape index (κ3) is 3.36. The van der Waals surface area contributed by atoms with Crippen molar-refractivity contribution in [3.63, 3.8) is 0 Å². The number of rotatable bonds is 6. The molecular formula is C20H20N2O5. The Morgan fingerprint density at radius 1 is 1.11 bits per heavy atom. The van der Waals surface area contributed by atoms with Crippen molar-refractivity contribution in [1.82, 2.24) is 0 Å². The smallest absolute Gasteiger partial charge is 0.344 e. The van der Waals surface area contributed by atoms with Crippen molar-refractivity contribution >= 4 is 22.3 Å². The highest BCUT2D eigenvalue weighted by Gasteiger charge is 2.17. The van der Waals surface area contributed by atoms with E-state index >= 15 is 0 Å². The molecule has 0 aliphatic heterocycles. The Morgan fingerprint density at radius 2 is 1.78 bits per heavy atom. The molecule has 1 aromatic heterocycles. The number of non-ortho nitro benzene ring substituents is 1. The molecule has 140 valence electrons. The lowest BCUT2D eigenvalue weighted by Gasteiger charge is -2.23. The predicted octanol–water partition coefficient (Wildman–Crippen LogP) is 4.22. The molecule has 0 aliphatic rings. The topological polar surface area (TPSA) is 85.8 Å². The Balaban J connectivity index is 2.16. The van der Waals surface area contributed by atoms with Gasteiger partial charge in [0.1, 0.15) is 0 Å². The monoisotopic (exact) mass is 368 g/mol. The van der Waals surface area contributed by atoms with Crippen molar-refractivity contribution in [1.29, 1.82) is 0 Å². The lowest BCUT2D eigenvalue weighted by atomic mass is 10.0. The minimum Gasteiger partial charge on any atom is -0.491 e. The summed E-state index contributed by atoms with van der Waals surface area (Å²) in [7, 11) is 1.55. The van der Waals surface area contributed by atoms with Gasteiger partial charge in [-0.05, 0) is 49.7 Å². The minimum atomic E-state index is -0.522. The minimum absolute atomic E-state index is 0.0329. The van der Waals surface area contributed by atoms with Gasteiger partial charge in [0, 0.05) is 30.6 Å². The second kappa shape index (κ2) is 7.49. The summed E-state index contributed by atoms with van der Waals surface area (Å²) in [6.07, 6.45) is 0. The van der Waals surface area contributed by atoms with Crippen molar-refractivity contribution in [2.24, 2.45) is 0 Å². The highest BCUT2D eigenvalue weighted by Crippen LogP contribution is 2.36. The fourth-order valence-electron chi connectivity index (χ4n) is 3.12. The van der Waals surface area contributed by atoms with Gasteiger partial charge in [-0.3, -0.25) is 10.1 Å². The van der Waals surface area contributed by atoms with Gasteiger partial charge in [0.15, 0.2) is 11.3 Å². The van der Waals surface area contributed by atoms with Gasteiger partial charge in [-0.15, -0.1) is 0 Å². The van der Waals surface area contributed by atoms with Crippen LogP contribution in [-0.2, 0) is 0 Å². The van der Waals surface area contributed by atoms with Crippen LogP contribution in [0.3, 0.4) is 0 Å². The lowest BCUT2D eigenvalue weighted by Crippen LogP contribution is -2.22. The van der Waals surface area contributed by atoms with Crippen LogP contribution in [-0.4, -0.2) is 25.1 Å². The summed E-state index contributed by atoms with van der Waals surface area (Å²) in [6, 6.07) is 11.3. The molecule has 27 heavy (non-hydrogen) atoms. The zero-order valence-electron chi connectivity index (χ0n) is 15.4. The van der Waals surface area contributed by atoms with Gasteiger partial charge in [-0.25, -0.2) is 4.79 Å². The number of nitro groups is 1. The van der Waals surface area contributed by atoms with Crippen LogP contribution in [0.4, 0.5) is 11.4 Å². The van der Waals surface area contributed by atoms with Gasteiger partial charge in [0.2, 0.25) is 0 Å². The third-order valence-corrected chi connectivity index (χ3v) is 4.53. The Hall–Kier alpha value is -3.35. The molecule has 0 saturated carbocycles. The number of benzene rings is 2. The summed E-state index contributed by atoms with van der Waals surface area (Å²) in [5, 5.41) is 11.5. The third-order valence-electron chi connectivity index (χ3n) is 4.53. The maximum Gasteiger partial charge on any atom is 0.344 e. The summed E-state index contributed by atoms with van der Waals surface area (Å²) in [6.45, 7) is 5.68. The Labute approximate surface area is 155 Å². The van der Waals surface area contributed by atoms with E-state index in [1.807, 2.05) is 26.0 Å². The molecule has 0 spiro atoms. The van der Waals surface area contributed by atoms with Gasteiger partial charge < -0.3 is 14.1 Å². The molecule has 3 rings (SSSR count). The van der Waals surface area contributed by atoms with Crippen LogP contribution in [0.5, 0.6) is 5.75 Å². The van der Waals surface area contributed by atoms with E-state index in [9.17, 15) is 14.9 Å². The summed E-state index contributed by atoms with van der Waals surface area (Å²) in [5.74, 6) is 0.517. The number of hydrogen-bond acceptors (Lipinski definition) is 6. The Bertz CT molecular complexity index is 1040. The van der Waals surface area contributed by atoms with Crippen LogP contribution in [0.1, 0.15) is 13.8 Å². The number of nitro benzene ring substituents is 1. The van der Waals surface area contributed by atoms with Crippen LogP contribution in [0.2, 0.25) is 0 Å². The first-order chi connectivity index (χ1) is 13.0. The van der Waals surface area contributed by atoms with E-state index < -0.39 is 10.5 Å². The van der Waals surface area contributed by atoms with E-state index in [1.54, 1.807) is 13.2 Å². The molecule has 7 heteroatoms. The Morgan fingerprint density at radius 3 is 2.33 bits per heavy atom. The van der Waals surface area contributed by atoms with Crippen molar-refractivity contribution in [2.45, 2.75) is 13.8 Å². The van der Waals surface area contributed by atoms with Gasteiger partial charge in [0.05, 0.1) is 23.3 Å². The molecule has 0 aliphatic carbocycles. The number of methoxy groups -OCH3 is 1. The molecular weight excluding hydrogens is 348 g/mol. The quantitative estimate of drug-likeness (QED) is 0.368. The molecule has 0 bridgehead atoms. The van der Waals surface area contributed by atoms with E-state index in [0.29, 0.717) is 22.5 Å². The van der Waals surface area contributed by atoms with E-state index in [4.69, 9.17) is 9.15 Å². The highest BCUT2D eigenvalue weighted by atomic mass is 16.6. The molecule has 3 aromatic rings. The van der Waals surface area contributed by atoms with E-state index in [2.05, 4.69) is 4.90 Å². The SMILES string of the molecule is CCN(CC)c1ccc2cc(-c3ccc([N+](=O)[O-])cc3)c(=O)oc2c1OC. The largest absolute Gasteiger partial charge is 0.491 e. The number of hydrogen-bond donors (Lipinski definition) is 0. The molecule has 0 atom stereocenters. The predicted molar refractivity (Wildman–Crippen MR) is 105 cm³/mol. The van der Waals surface area contributed by atoms with Gasteiger partial charge in [0.25, 0.3) is 5.69 Å². The first-order valence-corrected chi connectivity index (χ1v) is 8.64. The van der Waals surface area contributed by atoms with E-state index in [0.717, 1.165) is 24.2 Å². The summed E-state index contributed by atoms with van der Waals surface area (Å²) in [5.41, 5.74) is 1.60. The molecule has 0 N–H and O–H groups in total. The lowest BCUT2D eigenvalue weighted by molar-refractivity contribution is -0.384. The zero-order valence-corrected chi connectivity index (χ0v) is 15.4. The van der Waals surface area contributed by atoms with Crippen LogP contribution in [0, 0.1) is 10.1 Å². The Kier molecular flexibility index (Phi) is 5.12. The second-order valence-electron chi connectivity index (χ2n) is 5.96. The van der Waals surface area contributed by atoms with Crippen LogP contribution < -0.4 is 15.3 Å². The highest BCUT2D eigenvalue weighted by molar-refractivity contribution is 5.91. The molecule has 0 fully saturated rings. The molecule has 0 amide bonds. The first kappa shape index (κ1) is 18.4. The molecule has 0 unspecified atom stereocenters. The average molecular weight is 368 g/mol. The number of ether oxygens (including phenoxy) is 1. The number of anilines is 1. The molecule has 7 nitrogen and oxygen atoms in total. The van der Waals surface area contributed by atoms with Crippen LogP contribution in [0.25, 0.3) is 22.1 Å². The standard InChI is InChI=1S/C20H20N2O5/c1-4-21(5-2)17-11-8-14-12-16(20(23)27-18(14)19(17)26-3)13-6-9-15(10-7-13)22(24)25/h6-12H,4-5H2,1-3H3. The van der Waals surface area contributed by atoms with Gasteiger partial charge in [-0.1, -0.05) is 0 Å². The van der Waals surface area contributed by atoms with Gasteiger partial charge >= 0.3 is 5.63 Å². The molecule has 0 radical (unpaired) electrons. The fourth-order valence-corrected chi connectivity index (χ4v) is 3.12. The summed E-state index contributed by atoms with van der Waals surface area (Å²) in [4.78, 5) is 25.0. The first-order valence-electron chi connectivity index (χ1n) is 8.64. The van der Waals surface area contributed by atoms with Crippen molar-refractivity contribution in [2.75, 3.05) is 25.1 Å². The van der Waals surface area contributed by atoms with E-state index in [-0.39, 0.29) is 5.69 Å². The summed E-state index contributed by atoms with van der Waals surface area (Å²) >= 11 is 0. The maximum atomic E-state index is 12.6. The van der Waals surface area contributed by atoms with Crippen LogP contribution >= 0.6 is 0 Å². The molecule has 0 saturated heterocycles. The van der Waals surface area contributed by atoms with Crippen LogP contribution in [0.15, 0.2) is 51.7 Å². The fraction of sp³-hybridized carbons (Fsp3) is 0.250. The zero-order chi connectivity index (χ0) is 19.6. The van der Waals surface area contributed by atoms with Gasteiger partial charge in [-0.2, -0.15) is 0 Å².